The molecule has 1 rings (SSSR count). The fraction of sp³-hybridized carbons (Fsp3) is 0.357. The molecule has 3 nitrogen and oxygen atoms in total. The van der Waals surface area contributed by atoms with Crippen LogP contribution in [0.3, 0.4) is 0 Å². The molecule has 0 fully saturated rings. The number of hydrogen-bond donors (Lipinski definition) is 0. The van der Waals surface area contributed by atoms with Crippen molar-refractivity contribution in [3.8, 4) is 0 Å². The Bertz CT molecular complexity index is 446. The molecule has 0 unspecified atom stereocenters. The number of imidazole rings is 1. The first-order valence-corrected chi connectivity index (χ1v) is 5.84. The van der Waals surface area contributed by atoms with Crippen LogP contribution in [0.1, 0.15) is 12.6 Å². The largest absolute Gasteiger partial charge is 0.383 e. The van der Waals surface area contributed by atoms with E-state index in [9.17, 15) is 4.39 Å². The third-order valence-electron chi connectivity index (χ3n) is 2.58. The molecule has 0 saturated heterocycles. The van der Waals surface area contributed by atoms with Crippen molar-refractivity contribution < 1.29 is 9.13 Å². The monoisotopic (exact) mass is 250 g/mol. The third-order valence-corrected chi connectivity index (χ3v) is 2.58. The molecule has 1 aromatic rings. The van der Waals surface area contributed by atoms with Crippen molar-refractivity contribution in [2.24, 2.45) is 0 Å². The summed E-state index contributed by atoms with van der Waals surface area (Å²) >= 11 is 0. The van der Waals surface area contributed by atoms with Crippen molar-refractivity contribution in [2.45, 2.75) is 19.9 Å². The van der Waals surface area contributed by atoms with Gasteiger partial charge in [-0.1, -0.05) is 18.7 Å². The summed E-state index contributed by atoms with van der Waals surface area (Å²) in [5.74, 6) is -0.257. The summed E-state index contributed by atoms with van der Waals surface area (Å²) in [5.41, 5.74) is 1.84. The molecule has 98 valence electrons. The lowest BCUT2D eigenvalue weighted by Crippen LogP contribution is -2.07. The minimum atomic E-state index is -0.257. The highest BCUT2D eigenvalue weighted by atomic mass is 19.1. The average molecular weight is 250 g/mol. The fourth-order valence-electron chi connectivity index (χ4n) is 1.54. The molecule has 4 heteroatoms. The molecule has 0 radical (unpaired) electrons. The quantitative estimate of drug-likeness (QED) is 0.695. The van der Waals surface area contributed by atoms with E-state index in [0.29, 0.717) is 13.0 Å². The van der Waals surface area contributed by atoms with E-state index >= 15 is 0 Å². The molecule has 1 aromatic heterocycles. The number of aromatic nitrogens is 2. The van der Waals surface area contributed by atoms with E-state index in [1.54, 1.807) is 32.6 Å². The Morgan fingerprint density at radius 2 is 2.39 bits per heavy atom. The third kappa shape index (κ3) is 4.30. The second-order valence-corrected chi connectivity index (χ2v) is 3.84. The van der Waals surface area contributed by atoms with E-state index in [0.717, 1.165) is 17.8 Å². The maximum atomic E-state index is 13.2. The molecular weight excluding hydrogens is 231 g/mol. The van der Waals surface area contributed by atoms with Gasteiger partial charge in [-0.3, -0.25) is 0 Å². The summed E-state index contributed by atoms with van der Waals surface area (Å²) in [7, 11) is 1.66. The van der Waals surface area contributed by atoms with Gasteiger partial charge in [-0.05, 0) is 18.6 Å². The minimum absolute atomic E-state index is 0.257. The number of halogens is 1. The van der Waals surface area contributed by atoms with E-state index in [2.05, 4.69) is 11.6 Å². The highest BCUT2D eigenvalue weighted by Crippen LogP contribution is 2.12. The Balaban J connectivity index is 2.79. The summed E-state index contributed by atoms with van der Waals surface area (Å²) in [6.45, 7) is 6.73. The minimum Gasteiger partial charge on any atom is -0.383 e. The molecule has 0 aromatic carbocycles. The first-order chi connectivity index (χ1) is 8.71. The Hall–Kier alpha value is -1.68. The van der Waals surface area contributed by atoms with Gasteiger partial charge in [-0.25, -0.2) is 9.37 Å². The van der Waals surface area contributed by atoms with Crippen LogP contribution in [-0.4, -0.2) is 23.3 Å². The molecule has 0 spiro atoms. The first kappa shape index (κ1) is 14.4. The molecular formula is C14H19FN2O. The predicted molar refractivity (Wildman–Crippen MR) is 71.0 cm³/mol. The number of methoxy groups -OCH3 is 1. The van der Waals surface area contributed by atoms with Gasteiger partial charge in [0.2, 0.25) is 0 Å². The molecule has 0 saturated carbocycles. The molecule has 0 aliphatic heterocycles. The van der Waals surface area contributed by atoms with Crippen molar-refractivity contribution >= 4 is 0 Å². The van der Waals surface area contributed by atoms with Gasteiger partial charge < -0.3 is 9.30 Å². The number of nitrogens with zero attached hydrogens (tertiary/aromatic N) is 2. The van der Waals surface area contributed by atoms with Gasteiger partial charge in [0.05, 0.1) is 12.9 Å². The van der Waals surface area contributed by atoms with Crippen molar-refractivity contribution in [3.63, 3.8) is 0 Å². The molecule has 18 heavy (non-hydrogen) atoms. The Morgan fingerprint density at radius 3 is 3.00 bits per heavy atom. The normalized spacial score (nSPS) is 12.8. The van der Waals surface area contributed by atoms with E-state index in [4.69, 9.17) is 4.74 Å². The van der Waals surface area contributed by atoms with Crippen LogP contribution in [0.5, 0.6) is 0 Å². The Morgan fingerprint density at radius 1 is 1.61 bits per heavy atom. The van der Waals surface area contributed by atoms with Crippen LogP contribution >= 0.6 is 0 Å². The average Bonchev–Trinajstić information content (AvgIpc) is 2.82. The summed E-state index contributed by atoms with van der Waals surface area (Å²) in [6.07, 6.45) is 8.71. The first-order valence-electron chi connectivity index (χ1n) is 5.84. The van der Waals surface area contributed by atoms with Crippen molar-refractivity contribution in [1.82, 2.24) is 9.55 Å². The molecule has 0 atom stereocenters. The molecule has 0 bridgehead atoms. The zero-order chi connectivity index (χ0) is 13.4. The van der Waals surface area contributed by atoms with Gasteiger partial charge >= 0.3 is 0 Å². The Kier molecular flexibility index (Phi) is 6.08. The smallest absolute Gasteiger partial charge is 0.119 e. The van der Waals surface area contributed by atoms with Crippen LogP contribution in [0.4, 0.5) is 4.39 Å². The van der Waals surface area contributed by atoms with Gasteiger partial charge in [0, 0.05) is 32.0 Å². The summed E-state index contributed by atoms with van der Waals surface area (Å²) < 4.78 is 20.2. The molecule has 1 heterocycles. The highest BCUT2D eigenvalue weighted by Gasteiger charge is 2.04. The predicted octanol–water partition coefficient (Wildman–Crippen LogP) is 3.06. The lowest BCUT2D eigenvalue weighted by atomic mass is 10.1. The number of allylic oxidation sites excluding steroid dienone is 5. The number of ether oxygens (including phenoxy) is 1. The van der Waals surface area contributed by atoms with Crippen LogP contribution in [0.25, 0.3) is 0 Å². The molecule has 0 N–H and O–H groups in total. The zero-order valence-electron chi connectivity index (χ0n) is 10.9. The van der Waals surface area contributed by atoms with E-state index in [1.807, 2.05) is 4.57 Å². The second kappa shape index (κ2) is 7.61. The Labute approximate surface area is 107 Å². The van der Waals surface area contributed by atoms with Gasteiger partial charge in [-0.15, -0.1) is 0 Å². The van der Waals surface area contributed by atoms with Crippen LogP contribution in [-0.2, 0) is 17.7 Å². The van der Waals surface area contributed by atoms with Gasteiger partial charge in [0.25, 0.3) is 0 Å². The molecule has 0 aliphatic rings. The van der Waals surface area contributed by atoms with Crippen LogP contribution < -0.4 is 0 Å². The fourth-order valence-corrected chi connectivity index (χ4v) is 1.54. The van der Waals surface area contributed by atoms with Crippen LogP contribution in [0.2, 0.25) is 0 Å². The molecule has 0 amide bonds. The lowest BCUT2D eigenvalue weighted by molar-refractivity contribution is 0.186. The topological polar surface area (TPSA) is 27.1 Å². The van der Waals surface area contributed by atoms with Gasteiger partial charge in [-0.2, -0.15) is 0 Å². The van der Waals surface area contributed by atoms with E-state index in [-0.39, 0.29) is 5.83 Å². The number of rotatable bonds is 7. The van der Waals surface area contributed by atoms with E-state index in [1.165, 1.54) is 12.2 Å². The highest BCUT2D eigenvalue weighted by molar-refractivity contribution is 5.29. The van der Waals surface area contributed by atoms with Crippen molar-refractivity contribution in [3.05, 3.63) is 54.4 Å². The van der Waals surface area contributed by atoms with E-state index < -0.39 is 0 Å². The summed E-state index contributed by atoms with van der Waals surface area (Å²) in [4.78, 5) is 4.10. The summed E-state index contributed by atoms with van der Waals surface area (Å²) in [5, 5.41) is 0. The zero-order valence-corrected chi connectivity index (χ0v) is 10.9. The van der Waals surface area contributed by atoms with Crippen molar-refractivity contribution in [2.75, 3.05) is 13.7 Å². The maximum Gasteiger partial charge on any atom is 0.119 e. The number of hydrogen-bond acceptors (Lipinski definition) is 2. The lowest BCUT2D eigenvalue weighted by Gasteiger charge is -2.07. The van der Waals surface area contributed by atoms with Gasteiger partial charge in [0.15, 0.2) is 0 Å². The van der Waals surface area contributed by atoms with Crippen LogP contribution in [0.15, 0.2) is 48.7 Å². The van der Waals surface area contributed by atoms with Crippen LogP contribution in [0, 0.1) is 0 Å². The maximum absolute atomic E-state index is 13.2. The van der Waals surface area contributed by atoms with Gasteiger partial charge in [0.1, 0.15) is 5.83 Å². The summed E-state index contributed by atoms with van der Waals surface area (Å²) in [6, 6.07) is 0. The standard InChI is InChI=1S/C14H19FN2O/c1-4-12(8-13(15)5-2)9-14-10-16-11-17(14)6-7-18-3/h4-5,8,10-11H,1,6-7,9H2,2-3H3/b12-8+,13-5+. The van der Waals surface area contributed by atoms with Crippen molar-refractivity contribution in [1.29, 1.82) is 0 Å². The second-order valence-electron chi connectivity index (χ2n) is 3.84. The SMILES string of the molecule is C=C/C(=C\C(F)=C/C)Cc1cncn1CCOC. The molecule has 0 aliphatic carbocycles.